The predicted molar refractivity (Wildman–Crippen MR) is 168 cm³/mol. The van der Waals surface area contributed by atoms with Crippen LogP contribution in [-0.4, -0.2) is 64.5 Å². The number of ketones is 1. The molecule has 0 radical (unpaired) electrons. The fourth-order valence-electron chi connectivity index (χ4n) is 4.38. The normalized spacial score (nSPS) is 13.0. The van der Waals surface area contributed by atoms with Gasteiger partial charge in [0.25, 0.3) is 5.91 Å². The highest BCUT2D eigenvalue weighted by Gasteiger charge is 2.28. The number of aromatic nitrogens is 1. The van der Waals surface area contributed by atoms with E-state index >= 15 is 0 Å². The van der Waals surface area contributed by atoms with E-state index in [1.807, 2.05) is 20.8 Å². The van der Waals surface area contributed by atoms with Gasteiger partial charge in [0.15, 0.2) is 12.4 Å². The van der Waals surface area contributed by atoms with Crippen LogP contribution in [0.25, 0.3) is 0 Å². The minimum absolute atomic E-state index is 0.0455. The van der Waals surface area contributed by atoms with Crippen molar-refractivity contribution >= 4 is 35.1 Å². The molecular weight excluding hydrogens is 598 g/mol. The zero-order valence-corrected chi connectivity index (χ0v) is 27.2. The van der Waals surface area contributed by atoms with Gasteiger partial charge in [0.05, 0.1) is 24.2 Å². The van der Waals surface area contributed by atoms with Crippen molar-refractivity contribution in [2.24, 2.45) is 0 Å². The lowest BCUT2D eigenvalue weighted by Crippen LogP contribution is -2.39. The Hall–Kier alpha value is -4.45. The summed E-state index contributed by atoms with van der Waals surface area (Å²) in [5.74, 6) is -0.342. The van der Waals surface area contributed by atoms with Crippen molar-refractivity contribution < 1.29 is 38.1 Å². The van der Waals surface area contributed by atoms with Crippen LogP contribution in [0.3, 0.4) is 0 Å². The molecule has 12 heteroatoms. The number of nitrogens with zero attached hydrogens (tertiary/aromatic N) is 2. The maximum Gasteiger partial charge on any atom is 0.410 e. The number of thiophene rings is 1. The van der Waals surface area contributed by atoms with Crippen LogP contribution in [0.2, 0.25) is 0 Å². The Bertz CT molecular complexity index is 1540. The molecule has 4 rings (SSSR count). The molecule has 0 saturated heterocycles. The van der Waals surface area contributed by atoms with Crippen LogP contribution in [-0.2, 0) is 33.8 Å². The molecule has 0 unspecified atom stereocenters. The second-order valence-electron chi connectivity index (χ2n) is 12.5. The first kappa shape index (κ1) is 33.4. The third kappa shape index (κ3) is 10.0. The monoisotopic (exact) mass is 637 g/mol. The number of nitrogens with one attached hydrogen (secondary N) is 1. The highest BCUT2D eigenvalue weighted by atomic mass is 32.1. The van der Waals surface area contributed by atoms with Gasteiger partial charge in [-0.1, -0.05) is 0 Å². The van der Waals surface area contributed by atoms with Crippen molar-refractivity contribution in [3.63, 3.8) is 0 Å². The van der Waals surface area contributed by atoms with Gasteiger partial charge in [-0.25, -0.2) is 9.59 Å². The lowest BCUT2D eigenvalue weighted by Gasteiger charge is -2.29. The van der Waals surface area contributed by atoms with E-state index < -0.39 is 17.2 Å². The second kappa shape index (κ2) is 14.1. The number of rotatable bonds is 10. The molecular formula is C33H39N3O8S. The van der Waals surface area contributed by atoms with E-state index in [2.05, 4.69) is 10.3 Å². The number of fused-ring (bicyclic) bond motifs is 1. The maximum absolute atomic E-state index is 13.1. The van der Waals surface area contributed by atoms with E-state index in [9.17, 15) is 19.2 Å². The van der Waals surface area contributed by atoms with E-state index in [4.69, 9.17) is 18.9 Å². The molecule has 0 spiro atoms. The Morgan fingerprint density at radius 2 is 1.73 bits per heavy atom. The molecule has 1 aromatic carbocycles. The molecule has 2 aromatic heterocycles. The molecule has 3 aromatic rings. The van der Waals surface area contributed by atoms with Gasteiger partial charge in [-0.2, -0.15) is 0 Å². The van der Waals surface area contributed by atoms with Gasteiger partial charge in [-0.05, 0) is 89.9 Å². The SMILES string of the molecule is CC(C)(C)OC(=O)COc1ccc(C(=O)CNC(=O)c2cc3c(s2)CCN(C(=O)OC(C)(C)C)C3)cc1COc1cccnc1. The third-order valence-corrected chi connectivity index (χ3v) is 7.56. The maximum atomic E-state index is 13.1. The Morgan fingerprint density at radius 1 is 0.978 bits per heavy atom. The van der Waals surface area contributed by atoms with Crippen molar-refractivity contribution in [3.8, 4) is 11.5 Å². The van der Waals surface area contributed by atoms with Crippen molar-refractivity contribution in [2.75, 3.05) is 19.7 Å². The number of hydrogen-bond donors (Lipinski definition) is 1. The standard InChI is InChI=1S/C33H39N3O8S/c1-32(2,3)43-29(38)20-42-26-10-9-21(14-23(26)19-41-24-8-7-12-34-16-24)25(37)17-35-30(39)28-15-22-18-36(13-11-27(22)45-28)31(40)44-33(4,5)6/h7-10,12,14-16H,11,13,17-20H2,1-6H3,(H,35,39). The minimum Gasteiger partial charge on any atom is -0.487 e. The first-order chi connectivity index (χ1) is 21.2. The number of Topliss-reactive ketones (excluding diaryl/α,β-unsaturated/α-hetero) is 1. The predicted octanol–water partition coefficient (Wildman–Crippen LogP) is 5.35. The van der Waals surface area contributed by atoms with Gasteiger partial charge in [-0.15, -0.1) is 11.3 Å². The van der Waals surface area contributed by atoms with Gasteiger partial charge in [0.2, 0.25) is 0 Å². The van der Waals surface area contributed by atoms with E-state index in [-0.39, 0.29) is 37.5 Å². The zero-order valence-electron chi connectivity index (χ0n) is 26.4. The van der Waals surface area contributed by atoms with Crippen LogP contribution in [0.15, 0.2) is 48.8 Å². The summed E-state index contributed by atoms with van der Waals surface area (Å²) in [4.78, 5) is 58.0. The summed E-state index contributed by atoms with van der Waals surface area (Å²) in [7, 11) is 0. The number of benzene rings is 1. The molecule has 45 heavy (non-hydrogen) atoms. The number of carbonyl (C=O) groups excluding carboxylic acids is 4. The van der Waals surface area contributed by atoms with E-state index in [1.54, 1.807) is 74.5 Å². The number of ether oxygens (including phenoxy) is 4. The largest absolute Gasteiger partial charge is 0.487 e. The summed E-state index contributed by atoms with van der Waals surface area (Å²) in [6.45, 7) is 11.1. The number of pyridine rings is 1. The Morgan fingerprint density at radius 3 is 2.42 bits per heavy atom. The molecule has 3 heterocycles. The van der Waals surface area contributed by atoms with Crippen LogP contribution < -0.4 is 14.8 Å². The van der Waals surface area contributed by atoms with E-state index in [0.717, 1.165) is 10.4 Å². The fourth-order valence-corrected chi connectivity index (χ4v) is 5.46. The van der Waals surface area contributed by atoms with Gasteiger partial charge < -0.3 is 29.2 Å². The third-order valence-electron chi connectivity index (χ3n) is 6.33. The first-order valence-corrected chi connectivity index (χ1v) is 15.4. The lowest BCUT2D eigenvalue weighted by atomic mass is 10.1. The van der Waals surface area contributed by atoms with Crippen LogP contribution in [0.1, 0.15) is 77.6 Å². The minimum atomic E-state index is -0.656. The Kier molecular flexibility index (Phi) is 10.5. The van der Waals surface area contributed by atoms with Crippen LogP contribution in [0, 0.1) is 0 Å². The summed E-state index contributed by atoms with van der Waals surface area (Å²) in [5.41, 5.74) is 0.512. The van der Waals surface area contributed by atoms with Crippen molar-refractivity contribution in [1.29, 1.82) is 0 Å². The molecule has 1 aliphatic heterocycles. The quantitative estimate of drug-likeness (QED) is 0.231. The first-order valence-electron chi connectivity index (χ1n) is 14.6. The van der Waals surface area contributed by atoms with Gasteiger partial charge in [-0.3, -0.25) is 14.6 Å². The summed E-state index contributed by atoms with van der Waals surface area (Å²) >= 11 is 1.36. The molecule has 0 atom stereocenters. The summed E-state index contributed by atoms with van der Waals surface area (Å²) in [6.07, 6.45) is 3.42. The molecule has 11 nitrogen and oxygen atoms in total. The molecule has 240 valence electrons. The van der Waals surface area contributed by atoms with E-state index in [0.29, 0.717) is 47.0 Å². The van der Waals surface area contributed by atoms with Crippen molar-refractivity contribution in [2.45, 2.75) is 72.3 Å². The molecule has 1 N–H and O–H groups in total. The Balaban J connectivity index is 1.39. The summed E-state index contributed by atoms with van der Waals surface area (Å²) < 4.78 is 22.4. The summed E-state index contributed by atoms with van der Waals surface area (Å²) in [6, 6.07) is 10.0. The van der Waals surface area contributed by atoms with Gasteiger partial charge >= 0.3 is 12.1 Å². The average molecular weight is 638 g/mol. The van der Waals surface area contributed by atoms with Crippen LogP contribution in [0.4, 0.5) is 4.79 Å². The molecule has 0 bridgehead atoms. The second-order valence-corrected chi connectivity index (χ2v) is 13.6. The molecule has 0 fully saturated rings. The molecule has 2 amide bonds. The number of hydrogen-bond acceptors (Lipinski definition) is 10. The van der Waals surface area contributed by atoms with Crippen molar-refractivity contribution in [1.82, 2.24) is 15.2 Å². The van der Waals surface area contributed by atoms with Gasteiger partial charge in [0.1, 0.15) is 29.3 Å². The molecule has 1 aliphatic rings. The molecule has 0 aliphatic carbocycles. The fraction of sp³-hybridized carbons (Fsp3) is 0.424. The topological polar surface area (TPSA) is 133 Å². The molecule has 0 saturated carbocycles. The summed E-state index contributed by atoms with van der Waals surface area (Å²) in [5, 5.41) is 2.71. The average Bonchev–Trinajstić information content (AvgIpc) is 3.40. The highest BCUT2D eigenvalue weighted by molar-refractivity contribution is 7.14. The van der Waals surface area contributed by atoms with Crippen LogP contribution in [0.5, 0.6) is 11.5 Å². The highest BCUT2D eigenvalue weighted by Crippen LogP contribution is 2.29. The number of carbonyl (C=O) groups is 4. The zero-order chi connectivity index (χ0) is 32.8. The van der Waals surface area contributed by atoms with E-state index in [1.165, 1.54) is 11.3 Å². The number of esters is 1. The smallest absolute Gasteiger partial charge is 0.410 e. The van der Waals surface area contributed by atoms with Crippen molar-refractivity contribution in [3.05, 3.63) is 75.2 Å². The van der Waals surface area contributed by atoms with Crippen LogP contribution >= 0.6 is 11.3 Å². The lowest BCUT2D eigenvalue weighted by molar-refractivity contribution is -0.157. The van der Waals surface area contributed by atoms with Gasteiger partial charge in [0, 0.05) is 28.7 Å². The Labute approximate surface area is 266 Å². The number of amides is 2.